The van der Waals surface area contributed by atoms with E-state index in [-0.39, 0.29) is 11.5 Å². The van der Waals surface area contributed by atoms with E-state index in [9.17, 15) is 25.3 Å². The number of phenolic OH excluding ortho intramolecular Hbond substituents is 1. The lowest BCUT2D eigenvalue weighted by molar-refractivity contribution is -0.386. The lowest BCUT2D eigenvalue weighted by Crippen LogP contribution is -1.96. The van der Waals surface area contributed by atoms with Gasteiger partial charge in [0.1, 0.15) is 12.0 Å². The molecule has 0 unspecified atom stereocenters. The number of nitrogens with zero attached hydrogens (tertiary/aromatic N) is 4. The third-order valence-electron chi connectivity index (χ3n) is 2.61. The third kappa shape index (κ3) is 4.09. The Morgan fingerprint density at radius 3 is 2.57 bits per heavy atom. The second-order valence-electron chi connectivity index (χ2n) is 4.16. The van der Waals surface area contributed by atoms with E-state index in [0.29, 0.717) is 9.13 Å². The van der Waals surface area contributed by atoms with Crippen LogP contribution in [-0.4, -0.2) is 26.2 Å². The zero-order valence-corrected chi connectivity index (χ0v) is 13.4. The van der Waals surface area contributed by atoms with Crippen molar-refractivity contribution in [3.8, 4) is 5.75 Å². The van der Waals surface area contributed by atoms with Crippen LogP contribution in [0.5, 0.6) is 5.75 Å². The topological polar surface area (TPSA) is 144 Å². The zero-order chi connectivity index (χ0) is 17.0. The number of anilines is 1. The first-order valence-electron chi connectivity index (χ1n) is 5.95. The molecule has 0 amide bonds. The van der Waals surface area contributed by atoms with E-state index in [2.05, 4.69) is 15.5 Å². The highest BCUT2D eigenvalue weighted by Gasteiger charge is 2.17. The molecule has 0 saturated heterocycles. The lowest BCUT2D eigenvalue weighted by atomic mass is 10.2. The van der Waals surface area contributed by atoms with Crippen molar-refractivity contribution in [2.24, 2.45) is 5.10 Å². The number of nitro groups is 2. The van der Waals surface area contributed by atoms with Gasteiger partial charge in [-0.2, -0.15) is 5.10 Å². The van der Waals surface area contributed by atoms with Gasteiger partial charge in [0.25, 0.3) is 5.69 Å². The van der Waals surface area contributed by atoms with E-state index >= 15 is 0 Å². The highest BCUT2D eigenvalue weighted by molar-refractivity contribution is 14.1. The monoisotopic (exact) mass is 429 g/mol. The van der Waals surface area contributed by atoms with E-state index in [1.165, 1.54) is 30.5 Å². The molecule has 10 nitrogen and oxygen atoms in total. The van der Waals surface area contributed by atoms with Gasteiger partial charge in [0.05, 0.1) is 19.6 Å². The van der Waals surface area contributed by atoms with Gasteiger partial charge in [0, 0.05) is 17.7 Å². The first-order chi connectivity index (χ1) is 10.9. The largest absolute Gasteiger partial charge is 0.501 e. The van der Waals surface area contributed by atoms with Crippen molar-refractivity contribution in [1.82, 2.24) is 4.98 Å². The first kappa shape index (κ1) is 16.5. The molecule has 2 N–H and O–H groups in total. The van der Waals surface area contributed by atoms with Crippen LogP contribution in [0.2, 0.25) is 0 Å². The normalized spacial score (nSPS) is 10.7. The molecule has 0 radical (unpaired) electrons. The second-order valence-corrected chi connectivity index (χ2v) is 5.32. The molecular weight excluding hydrogens is 421 g/mol. The molecule has 0 aliphatic rings. The van der Waals surface area contributed by atoms with Crippen LogP contribution in [0, 0.1) is 23.8 Å². The Kier molecular flexibility index (Phi) is 5.00. The van der Waals surface area contributed by atoms with Gasteiger partial charge in [-0.15, -0.1) is 0 Å². The van der Waals surface area contributed by atoms with Crippen LogP contribution in [0.25, 0.3) is 0 Å². The molecule has 11 heteroatoms. The van der Waals surface area contributed by atoms with Gasteiger partial charge in [0.15, 0.2) is 0 Å². The minimum absolute atomic E-state index is 0.150. The summed E-state index contributed by atoms with van der Waals surface area (Å²) in [6.07, 6.45) is 2.38. The molecular formula is C12H8IN5O5. The molecule has 0 fully saturated rings. The molecule has 118 valence electrons. The van der Waals surface area contributed by atoms with E-state index in [0.717, 1.165) is 6.20 Å². The summed E-state index contributed by atoms with van der Waals surface area (Å²) in [4.78, 5) is 23.8. The van der Waals surface area contributed by atoms with E-state index in [1.54, 1.807) is 22.6 Å². The van der Waals surface area contributed by atoms with Gasteiger partial charge in [-0.3, -0.25) is 25.7 Å². The predicted octanol–water partition coefficient (Wildman–Crippen LogP) is 2.65. The summed E-state index contributed by atoms with van der Waals surface area (Å²) >= 11 is 1.77. The highest BCUT2D eigenvalue weighted by Crippen LogP contribution is 2.31. The fourth-order valence-electron chi connectivity index (χ4n) is 1.55. The predicted molar refractivity (Wildman–Crippen MR) is 89.6 cm³/mol. The molecule has 1 heterocycles. The number of hydrazone groups is 1. The number of pyridine rings is 1. The molecule has 0 atom stereocenters. The third-order valence-corrected chi connectivity index (χ3v) is 3.44. The van der Waals surface area contributed by atoms with Crippen molar-refractivity contribution in [3.63, 3.8) is 0 Å². The molecule has 0 aliphatic heterocycles. The van der Waals surface area contributed by atoms with Crippen molar-refractivity contribution < 1.29 is 15.0 Å². The van der Waals surface area contributed by atoms with Crippen LogP contribution in [0.15, 0.2) is 35.6 Å². The van der Waals surface area contributed by atoms with Crippen molar-refractivity contribution in [2.45, 2.75) is 0 Å². The number of aromatic hydroxyl groups is 1. The number of hydrogen-bond acceptors (Lipinski definition) is 8. The molecule has 1 aromatic carbocycles. The standard InChI is InChI=1S/C12H8IN5O5/c13-9-3-7(4-10(12(9)19)18(22)23)5-15-16-11-2-1-8(6-14-11)17(20)21/h1-6,19H,(H,14,16)/b15-5+. The number of rotatable bonds is 5. The summed E-state index contributed by atoms with van der Waals surface area (Å²) in [5, 5.41) is 34.8. The lowest BCUT2D eigenvalue weighted by Gasteiger charge is -2.01. The summed E-state index contributed by atoms with van der Waals surface area (Å²) in [7, 11) is 0. The van der Waals surface area contributed by atoms with Gasteiger partial charge in [0.2, 0.25) is 5.75 Å². The molecule has 2 aromatic rings. The number of nitrogens with one attached hydrogen (secondary N) is 1. The van der Waals surface area contributed by atoms with Gasteiger partial charge in [-0.25, -0.2) is 4.98 Å². The summed E-state index contributed by atoms with van der Waals surface area (Å²) in [6.45, 7) is 0. The Morgan fingerprint density at radius 1 is 1.26 bits per heavy atom. The Bertz CT molecular complexity index is 793. The van der Waals surface area contributed by atoms with Crippen LogP contribution in [0.1, 0.15) is 5.56 Å². The number of nitro benzene ring substituents is 1. The SMILES string of the molecule is O=[N+]([O-])c1ccc(N/N=C/c2cc(I)c(O)c([N+](=O)[O-])c2)nc1. The average Bonchev–Trinajstić information content (AvgIpc) is 2.50. The minimum atomic E-state index is -0.694. The maximum atomic E-state index is 10.8. The number of phenols is 1. The highest BCUT2D eigenvalue weighted by atomic mass is 127. The van der Waals surface area contributed by atoms with E-state index in [4.69, 9.17) is 0 Å². The summed E-state index contributed by atoms with van der Waals surface area (Å²) in [5.41, 5.74) is 2.37. The molecule has 2 rings (SSSR count). The quantitative estimate of drug-likeness (QED) is 0.322. The number of aromatic nitrogens is 1. The smallest absolute Gasteiger partial charge is 0.312 e. The molecule has 1 aromatic heterocycles. The Labute approximate surface area is 142 Å². The molecule has 0 bridgehead atoms. The van der Waals surface area contributed by atoms with Crippen LogP contribution < -0.4 is 5.43 Å². The molecule has 0 aliphatic carbocycles. The fourth-order valence-corrected chi connectivity index (χ4v) is 2.19. The molecule has 0 spiro atoms. The Morgan fingerprint density at radius 2 is 2.00 bits per heavy atom. The average molecular weight is 429 g/mol. The van der Waals surface area contributed by atoms with Crippen LogP contribution in [0.4, 0.5) is 17.2 Å². The number of benzene rings is 1. The van der Waals surface area contributed by atoms with E-state index < -0.39 is 21.3 Å². The zero-order valence-electron chi connectivity index (χ0n) is 11.2. The number of hydrogen-bond donors (Lipinski definition) is 2. The second kappa shape index (κ2) is 6.95. The first-order valence-corrected chi connectivity index (χ1v) is 7.03. The van der Waals surface area contributed by atoms with Crippen molar-refractivity contribution in [3.05, 3.63) is 59.8 Å². The van der Waals surface area contributed by atoms with Crippen molar-refractivity contribution in [1.29, 1.82) is 0 Å². The van der Waals surface area contributed by atoms with Crippen LogP contribution in [0.3, 0.4) is 0 Å². The van der Waals surface area contributed by atoms with Gasteiger partial charge in [-0.05, 0) is 34.7 Å². The van der Waals surface area contributed by atoms with Gasteiger partial charge in [-0.1, -0.05) is 0 Å². The van der Waals surface area contributed by atoms with Gasteiger partial charge < -0.3 is 5.11 Å². The van der Waals surface area contributed by atoms with Crippen LogP contribution >= 0.6 is 22.6 Å². The Hall–Kier alpha value is -2.83. The molecule has 0 saturated carbocycles. The van der Waals surface area contributed by atoms with Crippen molar-refractivity contribution in [2.75, 3.05) is 5.43 Å². The molecule has 23 heavy (non-hydrogen) atoms. The summed E-state index contributed by atoms with van der Waals surface area (Å²) in [6, 6.07) is 5.32. The van der Waals surface area contributed by atoms with Crippen LogP contribution in [-0.2, 0) is 0 Å². The minimum Gasteiger partial charge on any atom is -0.501 e. The summed E-state index contributed by atoms with van der Waals surface area (Å²) in [5.74, 6) is -0.132. The maximum Gasteiger partial charge on any atom is 0.312 e. The van der Waals surface area contributed by atoms with Gasteiger partial charge >= 0.3 is 5.69 Å². The fraction of sp³-hybridized carbons (Fsp3) is 0. The number of halogens is 1. The van der Waals surface area contributed by atoms with Crippen molar-refractivity contribution >= 4 is 46.0 Å². The summed E-state index contributed by atoms with van der Waals surface area (Å²) < 4.78 is 0.312. The van der Waals surface area contributed by atoms with E-state index in [1.807, 2.05) is 0 Å². The maximum absolute atomic E-state index is 10.8. The Balaban J connectivity index is 2.14.